The van der Waals surface area contributed by atoms with Crippen LogP contribution in [0.25, 0.3) is 0 Å². The minimum Gasteiger partial charge on any atom is -0.447 e. The molecule has 2 heterocycles. The molecule has 2 aliphatic rings. The highest BCUT2D eigenvalue weighted by molar-refractivity contribution is 6.05. The van der Waals surface area contributed by atoms with Gasteiger partial charge in [0.25, 0.3) is 11.8 Å². The van der Waals surface area contributed by atoms with Gasteiger partial charge in [-0.1, -0.05) is 38.1 Å². The van der Waals surface area contributed by atoms with E-state index < -0.39 is 23.5 Å². The molecular weight excluding hydrogens is 324 g/mol. The number of nitrogens with zero attached hydrogens (tertiary/aromatic N) is 1. The van der Waals surface area contributed by atoms with Crippen molar-refractivity contribution in [3.8, 4) is 0 Å². The van der Waals surface area contributed by atoms with Gasteiger partial charge < -0.3 is 15.2 Å². The number of carbonyl (C=O) groups is 3. The molecular formula is C18H20N2O5. The molecule has 0 spiro atoms. The Hall–Kier alpha value is -2.67. The number of para-hydroxylation sites is 1. The third kappa shape index (κ3) is 2.91. The van der Waals surface area contributed by atoms with Crippen LogP contribution in [-0.4, -0.2) is 40.6 Å². The van der Waals surface area contributed by atoms with E-state index in [0.717, 1.165) is 4.90 Å². The maximum absolute atomic E-state index is 12.3. The van der Waals surface area contributed by atoms with E-state index in [4.69, 9.17) is 4.74 Å². The Balaban J connectivity index is 1.74. The topological polar surface area (TPSA) is 95.9 Å². The maximum atomic E-state index is 12.3. The quantitative estimate of drug-likeness (QED) is 0.812. The van der Waals surface area contributed by atoms with Crippen LogP contribution in [0, 0.1) is 5.92 Å². The highest BCUT2D eigenvalue weighted by Gasteiger charge is 2.44. The number of nitrogens with one attached hydrogen (secondary N) is 1. The maximum Gasteiger partial charge on any atom is 0.417 e. The first-order valence-electron chi connectivity index (χ1n) is 8.14. The minimum atomic E-state index is -1.73. The molecule has 0 aromatic heterocycles. The first kappa shape index (κ1) is 17.2. The number of anilines is 1. The summed E-state index contributed by atoms with van der Waals surface area (Å²) in [4.78, 5) is 37.3. The van der Waals surface area contributed by atoms with Crippen molar-refractivity contribution in [2.24, 2.45) is 5.92 Å². The predicted octanol–water partition coefficient (Wildman–Crippen LogP) is 1.78. The second-order valence-corrected chi connectivity index (χ2v) is 6.56. The van der Waals surface area contributed by atoms with Crippen LogP contribution in [0.3, 0.4) is 0 Å². The van der Waals surface area contributed by atoms with Gasteiger partial charge in [0.1, 0.15) is 6.61 Å². The molecule has 2 N–H and O–H groups in total. The molecule has 132 valence electrons. The second kappa shape index (κ2) is 6.33. The lowest BCUT2D eigenvalue weighted by Crippen LogP contribution is -2.41. The number of cyclic esters (lactones) is 1. The predicted molar refractivity (Wildman–Crippen MR) is 89.5 cm³/mol. The molecule has 1 unspecified atom stereocenters. The number of rotatable bonds is 4. The molecule has 3 amide bonds. The summed E-state index contributed by atoms with van der Waals surface area (Å²) in [7, 11) is 0. The van der Waals surface area contributed by atoms with E-state index in [1.54, 1.807) is 24.3 Å². The van der Waals surface area contributed by atoms with Crippen molar-refractivity contribution >= 4 is 23.6 Å². The first-order valence-corrected chi connectivity index (χ1v) is 8.14. The van der Waals surface area contributed by atoms with Gasteiger partial charge in [0.05, 0.1) is 6.04 Å². The van der Waals surface area contributed by atoms with Gasteiger partial charge in [-0.2, -0.15) is 0 Å². The summed E-state index contributed by atoms with van der Waals surface area (Å²) in [6.45, 7) is 3.98. The minimum absolute atomic E-state index is 0.0699. The van der Waals surface area contributed by atoms with E-state index >= 15 is 0 Å². The Morgan fingerprint density at radius 3 is 2.88 bits per heavy atom. The molecule has 3 rings (SSSR count). The third-order valence-electron chi connectivity index (χ3n) is 4.58. The van der Waals surface area contributed by atoms with Crippen molar-refractivity contribution in [1.82, 2.24) is 4.90 Å². The number of fused-ring (bicyclic) bond motifs is 1. The number of carbonyl (C=O) groups excluding carboxylic acids is 3. The van der Waals surface area contributed by atoms with Crippen LogP contribution in [0.4, 0.5) is 10.5 Å². The molecule has 2 atom stereocenters. The molecule has 1 aromatic carbocycles. The third-order valence-corrected chi connectivity index (χ3v) is 4.58. The summed E-state index contributed by atoms with van der Waals surface area (Å²) in [5.74, 6) is -0.983. The average Bonchev–Trinajstić information content (AvgIpc) is 3.07. The zero-order chi connectivity index (χ0) is 18.2. The summed E-state index contributed by atoms with van der Waals surface area (Å²) in [5, 5.41) is 13.3. The lowest BCUT2D eigenvalue weighted by atomic mass is 9.91. The molecule has 0 bridgehead atoms. The molecule has 1 fully saturated rings. The Kier molecular flexibility index (Phi) is 4.34. The van der Waals surface area contributed by atoms with Crippen LogP contribution in [0.2, 0.25) is 0 Å². The van der Waals surface area contributed by atoms with Gasteiger partial charge in [-0.3, -0.25) is 9.59 Å². The smallest absolute Gasteiger partial charge is 0.417 e. The van der Waals surface area contributed by atoms with E-state index in [-0.39, 0.29) is 25.0 Å². The van der Waals surface area contributed by atoms with E-state index in [0.29, 0.717) is 11.3 Å². The highest BCUT2D eigenvalue weighted by atomic mass is 16.6. The average molecular weight is 344 g/mol. The number of benzene rings is 1. The highest BCUT2D eigenvalue weighted by Crippen LogP contribution is 2.38. The molecule has 25 heavy (non-hydrogen) atoms. The SMILES string of the molecule is CC(C)[C@H]1COC(=O)N1C(=O)/C=C/CC1(O)C(=O)Nc2ccccc21. The van der Waals surface area contributed by atoms with Crippen LogP contribution >= 0.6 is 0 Å². The Morgan fingerprint density at radius 1 is 1.44 bits per heavy atom. The lowest BCUT2D eigenvalue weighted by Gasteiger charge is -2.21. The molecule has 2 aliphatic heterocycles. The standard InChI is InChI=1S/C18H20N2O5/c1-11(2)14-10-25-17(23)20(14)15(21)8-5-9-18(24)12-6-3-4-7-13(12)19-16(18)22/h3-8,11,14,24H,9-10H2,1-2H3,(H,19,22)/b8-5+/t14-,18?/m1/s1. The zero-order valence-electron chi connectivity index (χ0n) is 14.1. The van der Waals surface area contributed by atoms with E-state index in [2.05, 4.69) is 5.32 Å². The molecule has 1 saturated heterocycles. The molecule has 0 aliphatic carbocycles. The van der Waals surface area contributed by atoms with Gasteiger partial charge in [0.2, 0.25) is 0 Å². The first-order chi connectivity index (χ1) is 11.8. The Morgan fingerprint density at radius 2 is 2.16 bits per heavy atom. The summed E-state index contributed by atoms with van der Waals surface area (Å²) in [6.07, 6.45) is 1.87. The fourth-order valence-corrected chi connectivity index (χ4v) is 3.09. The van der Waals surface area contributed by atoms with Crippen LogP contribution in [0.1, 0.15) is 25.8 Å². The van der Waals surface area contributed by atoms with E-state index in [1.807, 2.05) is 13.8 Å². The van der Waals surface area contributed by atoms with Crippen molar-refractivity contribution in [1.29, 1.82) is 0 Å². The van der Waals surface area contributed by atoms with Gasteiger partial charge in [-0.25, -0.2) is 9.69 Å². The van der Waals surface area contributed by atoms with Crippen molar-refractivity contribution in [2.75, 3.05) is 11.9 Å². The van der Waals surface area contributed by atoms with Gasteiger partial charge in [-0.15, -0.1) is 0 Å². The van der Waals surface area contributed by atoms with Gasteiger partial charge >= 0.3 is 6.09 Å². The Bertz CT molecular complexity index is 758. The van der Waals surface area contributed by atoms with Crippen LogP contribution < -0.4 is 5.32 Å². The summed E-state index contributed by atoms with van der Waals surface area (Å²) >= 11 is 0. The number of hydrogen-bond acceptors (Lipinski definition) is 5. The monoisotopic (exact) mass is 344 g/mol. The van der Waals surface area contributed by atoms with Crippen molar-refractivity contribution < 1.29 is 24.2 Å². The summed E-state index contributed by atoms with van der Waals surface area (Å²) in [6, 6.07) is 6.54. The van der Waals surface area contributed by atoms with Crippen molar-refractivity contribution in [3.63, 3.8) is 0 Å². The second-order valence-electron chi connectivity index (χ2n) is 6.56. The number of hydrogen-bond donors (Lipinski definition) is 2. The number of aliphatic hydroxyl groups is 1. The van der Waals surface area contributed by atoms with E-state index in [9.17, 15) is 19.5 Å². The molecule has 0 saturated carbocycles. The van der Waals surface area contributed by atoms with Crippen LogP contribution in [-0.2, 0) is 19.9 Å². The van der Waals surface area contributed by atoms with Gasteiger partial charge in [-0.05, 0) is 18.1 Å². The molecule has 7 heteroatoms. The van der Waals surface area contributed by atoms with Crippen LogP contribution in [0.5, 0.6) is 0 Å². The molecule has 7 nitrogen and oxygen atoms in total. The normalized spacial score (nSPS) is 25.4. The summed E-state index contributed by atoms with van der Waals surface area (Å²) < 4.78 is 4.94. The fraction of sp³-hybridized carbons (Fsp3) is 0.389. The van der Waals surface area contributed by atoms with Gasteiger partial charge in [0, 0.05) is 17.7 Å². The Labute approximate surface area is 145 Å². The van der Waals surface area contributed by atoms with E-state index in [1.165, 1.54) is 12.2 Å². The van der Waals surface area contributed by atoms with Crippen molar-refractivity contribution in [3.05, 3.63) is 42.0 Å². The zero-order valence-corrected chi connectivity index (χ0v) is 14.1. The van der Waals surface area contributed by atoms with Crippen LogP contribution in [0.15, 0.2) is 36.4 Å². The number of amides is 3. The number of ether oxygens (including phenoxy) is 1. The number of imide groups is 1. The summed E-state index contributed by atoms with van der Waals surface area (Å²) in [5.41, 5.74) is -0.702. The largest absolute Gasteiger partial charge is 0.447 e. The lowest BCUT2D eigenvalue weighted by molar-refractivity contribution is -0.133. The fourth-order valence-electron chi connectivity index (χ4n) is 3.09. The van der Waals surface area contributed by atoms with Crippen molar-refractivity contribution in [2.45, 2.75) is 31.9 Å². The molecule has 1 aromatic rings. The van der Waals surface area contributed by atoms with Gasteiger partial charge in [0.15, 0.2) is 5.60 Å². The molecule has 0 radical (unpaired) electrons.